The first-order chi connectivity index (χ1) is 13.8. The minimum atomic E-state index is -0.478. The van der Waals surface area contributed by atoms with Crippen molar-refractivity contribution in [3.63, 3.8) is 0 Å². The second kappa shape index (κ2) is 5.77. The predicted molar refractivity (Wildman–Crippen MR) is 114 cm³/mol. The van der Waals surface area contributed by atoms with E-state index in [1.165, 1.54) is 5.56 Å². The van der Waals surface area contributed by atoms with Gasteiger partial charge >= 0.3 is 0 Å². The molecule has 29 heavy (non-hydrogen) atoms. The van der Waals surface area contributed by atoms with E-state index in [9.17, 15) is 5.11 Å². The lowest BCUT2D eigenvalue weighted by Gasteiger charge is -2.69. The maximum atomic E-state index is 12.0. The maximum Gasteiger partial charge on any atom is 0.121 e. The molecule has 3 aliphatic heterocycles. The number of anilines is 1. The Hall–Kier alpha value is -1.56. The van der Waals surface area contributed by atoms with Gasteiger partial charge in [0.05, 0.1) is 31.5 Å². The summed E-state index contributed by atoms with van der Waals surface area (Å²) in [4.78, 5) is 8.72. The van der Waals surface area contributed by atoms with Crippen LogP contribution in [0.3, 0.4) is 0 Å². The van der Waals surface area contributed by atoms with Gasteiger partial charge in [0.15, 0.2) is 0 Å². The number of fused-ring (bicyclic) bond motifs is 1. The number of ether oxygens (including phenoxy) is 1. The number of nitrogens with zero attached hydrogens (tertiary/aromatic N) is 2. The van der Waals surface area contributed by atoms with Crippen molar-refractivity contribution in [1.82, 2.24) is 4.90 Å². The number of benzene rings is 1. The van der Waals surface area contributed by atoms with E-state index in [0.29, 0.717) is 0 Å². The second-order valence-electron chi connectivity index (χ2n) is 10.0. The molecule has 1 saturated heterocycles. The van der Waals surface area contributed by atoms with Gasteiger partial charge in [-0.25, -0.2) is 5.06 Å². The third-order valence-electron chi connectivity index (χ3n) is 9.32. The van der Waals surface area contributed by atoms with Gasteiger partial charge in [-0.1, -0.05) is 39.0 Å². The molecular weight excluding hydrogens is 364 g/mol. The molecule has 3 heterocycles. The van der Waals surface area contributed by atoms with E-state index in [2.05, 4.69) is 68.0 Å². The van der Waals surface area contributed by atoms with Crippen molar-refractivity contribution in [1.29, 1.82) is 0 Å². The third-order valence-corrected chi connectivity index (χ3v) is 9.32. The van der Waals surface area contributed by atoms with Crippen LogP contribution >= 0.6 is 0 Å². The van der Waals surface area contributed by atoms with Crippen LogP contribution in [-0.4, -0.2) is 55.0 Å². The van der Waals surface area contributed by atoms with Crippen molar-refractivity contribution in [2.24, 2.45) is 10.8 Å². The maximum absolute atomic E-state index is 12.0. The zero-order valence-corrected chi connectivity index (χ0v) is 18.5. The van der Waals surface area contributed by atoms with Crippen LogP contribution in [0.2, 0.25) is 0 Å². The lowest BCUT2D eigenvalue weighted by molar-refractivity contribution is -0.187. The summed E-state index contributed by atoms with van der Waals surface area (Å²) in [7, 11) is 3.46. The van der Waals surface area contributed by atoms with Crippen LogP contribution < -0.4 is 9.80 Å². The highest BCUT2D eigenvalue weighted by molar-refractivity contribution is 5.71. The van der Waals surface area contributed by atoms with Crippen LogP contribution in [0.25, 0.3) is 0 Å². The molecule has 1 aromatic carbocycles. The molecule has 0 aromatic heterocycles. The lowest BCUT2D eigenvalue weighted by atomic mass is 9.40. The van der Waals surface area contributed by atoms with Crippen molar-refractivity contribution in [2.75, 3.05) is 32.4 Å². The van der Waals surface area contributed by atoms with E-state index >= 15 is 0 Å². The number of methoxy groups -OCH3 is 1. The van der Waals surface area contributed by atoms with Crippen molar-refractivity contribution in [3.8, 4) is 5.75 Å². The third kappa shape index (κ3) is 1.81. The Morgan fingerprint density at radius 3 is 2.62 bits per heavy atom. The minimum absolute atomic E-state index is 0.131. The first kappa shape index (κ1) is 19.4. The fourth-order valence-electron chi connectivity index (χ4n) is 7.85. The fourth-order valence-corrected chi connectivity index (χ4v) is 7.85. The standard InChI is InChI=1S/C24H34N2O3/c1-7-23-11-8-13-25-14-12-24(19(23)25)17-10-9-16(28-5)15-18(17)26(29-6)22(24,4)21(2,3)20(23)27/h8-11,15,19-20,27H,7,12-14H2,1-6H3/t19?,20-,22-,23+,24+/m0/s1. The largest absolute Gasteiger partial charge is 0.497 e. The highest BCUT2D eigenvalue weighted by atomic mass is 16.7. The van der Waals surface area contributed by atoms with Gasteiger partial charge in [0.1, 0.15) is 5.75 Å². The van der Waals surface area contributed by atoms with Crippen LogP contribution in [0.1, 0.15) is 46.1 Å². The smallest absolute Gasteiger partial charge is 0.121 e. The molecule has 5 heteroatoms. The van der Waals surface area contributed by atoms with E-state index in [1.807, 2.05) is 0 Å². The first-order valence-electron chi connectivity index (χ1n) is 10.9. The normalized spacial score (nSPS) is 41.8. The summed E-state index contributed by atoms with van der Waals surface area (Å²) in [6, 6.07) is 6.68. The Labute approximate surface area is 174 Å². The van der Waals surface area contributed by atoms with Gasteiger partial charge in [-0.3, -0.25) is 9.74 Å². The van der Waals surface area contributed by atoms with E-state index in [1.54, 1.807) is 14.2 Å². The molecule has 5 nitrogen and oxygen atoms in total. The van der Waals surface area contributed by atoms with Gasteiger partial charge in [0.25, 0.3) is 0 Å². The number of hydrogen-bond donors (Lipinski definition) is 1. The average molecular weight is 399 g/mol. The molecule has 0 radical (unpaired) electrons. The monoisotopic (exact) mass is 398 g/mol. The lowest BCUT2D eigenvalue weighted by Crippen LogP contribution is -2.79. The molecule has 4 aliphatic rings. The molecule has 5 rings (SSSR count). The van der Waals surface area contributed by atoms with Gasteiger partial charge in [-0.15, -0.1) is 0 Å². The minimum Gasteiger partial charge on any atom is -0.497 e. The molecule has 1 aromatic rings. The Balaban J connectivity index is 1.88. The fraction of sp³-hybridized carbons (Fsp3) is 0.667. The molecule has 0 bridgehead atoms. The van der Waals surface area contributed by atoms with Gasteiger partial charge in [-0.2, -0.15) is 0 Å². The van der Waals surface area contributed by atoms with Crippen molar-refractivity contribution in [3.05, 3.63) is 35.9 Å². The second-order valence-corrected chi connectivity index (χ2v) is 10.0. The average Bonchev–Trinajstić information content (AvgIpc) is 3.23. The predicted octanol–water partition coefficient (Wildman–Crippen LogP) is 3.51. The van der Waals surface area contributed by atoms with Crippen LogP contribution in [0.5, 0.6) is 5.75 Å². The highest BCUT2D eigenvalue weighted by Crippen LogP contribution is 2.73. The Morgan fingerprint density at radius 1 is 1.21 bits per heavy atom. The van der Waals surface area contributed by atoms with Crippen molar-refractivity contribution < 1.29 is 14.7 Å². The molecule has 1 N–H and O–H groups in total. The zero-order chi connectivity index (χ0) is 20.8. The number of rotatable bonds is 3. The van der Waals surface area contributed by atoms with Gasteiger partial charge in [0, 0.05) is 34.9 Å². The SMILES string of the molecule is CC[C@]12C=CCN3CC[C@@]4(c5ccc(OC)cc5N(OC)[C@@]4(C)C(C)(C)[C@@H]1O)C32. The molecule has 158 valence electrons. The van der Waals surface area contributed by atoms with Crippen LogP contribution in [0, 0.1) is 10.8 Å². The summed E-state index contributed by atoms with van der Waals surface area (Å²) >= 11 is 0. The summed E-state index contributed by atoms with van der Waals surface area (Å²) in [5, 5.41) is 14.1. The summed E-state index contributed by atoms with van der Waals surface area (Å²) in [5.74, 6) is 0.836. The molecule has 1 saturated carbocycles. The first-order valence-corrected chi connectivity index (χ1v) is 10.9. The van der Waals surface area contributed by atoms with E-state index in [4.69, 9.17) is 9.57 Å². The highest BCUT2D eigenvalue weighted by Gasteiger charge is 2.80. The van der Waals surface area contributed by atoms with E-state index in [0.717, 1.165) is 37.4 Å². The number of hydroxylamine groups is 1. The van der Waals surface area contributed by atoms with Crippen LogP contribution in [0.4, 0.5) is 5.69 Å². The molecule has 2 fully saturated rings. The van der Waals surface area contributed by atoms with Crippen LogP contribution in [0.15, 0.2) is 30.4 Å². The molecule has 0 amide bonds. The summed E-state index contributed by atoms with van der Waals surface area (Å²) in [6.45, 7) is 11.0. The van der Waals surface area contributed by atoms with E-state index < -0.39 is 17.1 Å². The number of aliphatic hydroxyl groups is 1. The molecule has 5 atom stereocenters. The quantitative estimate of drug-likeness (QED) is 0.790. The summed E-state index contributed by atoms with van der Waals surface area (Å²) in [5.41, 5.74) is 1.22. The Bertz CT molecular complexity index is 883. The van der Waals surface area contributed by atoms with E-state index in [-0.39, 0.29) is 16.9 Å². The van der Waals surface area contributed by atoms with Gasteiger partial charge in [0.2, 0.25) is 0 Å². The Kier molecular flexibility index (Phi) is 3.86. The van der Waals surface area contributed by atoms with Crippen molar-refractivity contribution >= 4 is 5.69 Å². The Morgan fingerprint density at radius 2 is 1.97 bits per heavy atom. The topological polar surface area (TPSA) is 45.2 Å². The van der Waals surface area contributed by atoms with Crippen LogP contribution in [-0.2, 0) is 10.3 Å². The van der Waals surface area contributed by atoms with Gasteiger partial charge in [-0.05, 0) is 37.9 Å². The zero-order valence-electron chi connectivity index (χ0n) is 18.5. The molecule has 1 aliphatic carbocycles. The summed E-state index contributed by atoms with van der Waals surface area (Å²) < 4.78 is 5.56. The summed E-state index contributed by atoms with van der Waals surface area (Å²) in [6.07, 6.45) is 6.12. The van der Waals surface area contributed by atoms with Gasteiger partial charge < -0.3 is 9.84 Å². The van der Waals surface area contributed by atoms with Crippen molar-refractivity contribution in [2.45, 2.75) is 63.6 Å². The number of hydrogen-bond acceptors (Lipinski definition) is 5. The molecule has 1 unspecified atom stereocenters. The number of aliphatic hydroxyl groups excluding tert-OH is 1. The molecule has 1 spiro atoms. The molecular formula is C24H34N2O3.